The first-order chi connectivity index (χ1) is 40.5. The molecule has 0 atom stereocenters. The van der Waals surface area contributed by atoms with Gasteiger partial charge in [-0.15, -0.1) is 0 Å². The maximum absolute atomic E-state index is 9.61. The van der Waals surface area contributed by atoms with Crippen molar-refractivity contribution in [1.29, 1.82) is 0 Å². The van der Waals surface area contributed by atoms with Crippen LogP contribution in [0.25, 0.3) is 99.9 Å². The van der Waals surface area contributed by atoms with E-state index in [4.69, 9.17) is 28.8 Å². The van der Waals surface area contributed by atoms with Crippen LogP contribution < -0.4 is 0 Å². The lowest BCUT2D eigenvalue weighted by molar-refractivity contribution is 1.07. The van der Waals surface area contributed by atoms with E-state index in [0.29, 0.717) is 0 Å². The molecule has 0 saturated carbocycles. The van der Waals surface area contributed by atoms with Gasteiger partial charge >= 0.3 is 0 Å². The van der Waals surface area contributed by atoms with Gasteiger partial charge in [-0.1, -0.05) is 187 Å². The van der Waals surface area contributed by atoms with E-state index in [-0.39, 0.29) is 0 Å². The first-order valence-electron chi connectivity index (χ1n) is 32.1. The molecule has 1 heterocycles. The van der Waals surface area contributed by atoms with Crippen molar-refractivity contribution in [1.82, 2.24) is 15.0 Å². The number of nitrogens with zero attached hydrogens (tertiary/aromatic N) is 3. The van der Waals surface area contributed by atoms with E-state index in [1.54, 1.807) is 0 Å². The lowest BCUT2D eigenvalue weighted by Gasteiger charge is -2.12. The molecule has 0 spiro atoms. The Hall–Kier alpha value is -7.23. The molecule has 0 fully saturated rings. The van der Waals surface area contributed by atoms with Gasteiger partial charge in [0.15, 0.2) is 17.5 Å². The Morgan fingerprint density at radius 2 is 0.519 bits per heavy atom. The second-order valence-corrected chi connectivity index (χ2v) is 11.1. The molecule has 10 aromatic rings. The number of benzene rings is 9. The van der Waals surface area contributed by atoms with Gasteiger partial charge in [-0.25, -0.2) is 15.0 Å². The van der Waals surface area contributed by atoms with E-state index in [1.165, 1.54) is 0 Å². The van der Waals surface area contributed by atoms with E-state index in [1.807, 2.05) is 0 Å². The first kappa shape index (κ1) is 12.4. The third-order valence-corrected chi connectivity index (χ3v) is 7.87. The molecule has 0 unspecified atom stereocenters. The second-order valence-electron chi connectivity index (χ2n) is 11.1. The zero-order chi connectivity index (χ0) is 64.6. The first-order valence-corrected chi connectivity index (χ1v) is 15.6. The summed E-state index contributed by atoms with van der Waals surface area (Å²) in [5, 5.41) is -3.23. The predicted molar refractivity (Wildman–Crippen MR) is 225 cm³/mol. The molecule has 0 radical (unpaired) electrons. The SMILES string of the molecule is [2H]c1c([2H])c([2H])c(-c2nc(-c3c([2H])c([2H])c([2H])c([2H])c3[2H])nc(-c3c([2H])c([2H])c(-c4c([2H])c([2H])c([2H])c(-c5c([2H])c([2H])c(-c6c([2H])c([2H])c7c8c([2H])c([2H])c([2H])c([2H])c8c8c([2H])c([2H])c([2H])c([2H])c8c7c6[2H])c([2H])c5[2H])c4[2H])c([2H])c3[2H])n2)c([2H])c1[2H]. The number of hydrogen-bond acceptors (Lipinski definition) is 3. The zero-order valence-electron chi connectivity index (χ0n) is 59.8. The Morgan fingerprint density at radius 3 is 0.963 bits per heavy atom. The maximum Gasteiger partial charge on any atom is 0.164 e. The summed E-state index contributed by atoms with van der Waals surface area (Å²) in [5.74, 6) is -2.58. The highest BCUT2D eigenvalue weighted by Gasteiger charge is 2.13. The van der Waals surface area contributed by atoms with Crippen molar-refractivity contribution in [2.75, 3.05) is 0 Å². The van der Waals surface area contributed by atoms with Gasteiger partial charge in [-0.2, -0.15) is 0 Å². The van der Waals surface area contributed by atoms with Crippen LogP contribution in [0.5, 0.6) is 0 Å². The highest BCUT2D eigenvalue weighted by molar-refractivity contribution is 6.25. The summed E-state index contributed by atoms with van der Waals surface area (Å²) in [6.45, 7) is 0. The summed E-state index contributed by atoms with van der Waals surface area (Å²) in [4.78, 5) is 12.5. The quantitative estimate of drug-likeness (QED) is 0.161. The average molecular weight is 721 g/mol. The van der Waals surface area contributed by atoms with Crippen LogP contribution in [0.15, 0.2) is 199 Å². The molecule has 9 aromatic carbocycles. The van der Waals surface area contributed by atoms with Crippen LogP contribution in [0.4, 0.5) is 0 Å². The lowest BCUT2D eigenvalue weighted by atomic mass is 9.91. The van der Waals surface area contributed by atoms with Crippen molar-refractivity contribution in [3.05, 3.63) is 199 Å². The van der Waals surface area contributed by atoms with Crippen molar-refractivity contribution in [2.45, 2.75) is 0 Å². The normalized spacial score (nSPS) is 19.9. The van der Waals surface area contributed by atoms with E-state index < -0.39 is 299 Å². The van der Waals surface area contributed by atoms with Crippen molar-refractivity contribution in [3.8, 4) is 67.5 Å². The van der Waals surface area contributed by atoms with Gasteiger partial charge in [-0.3, -0.25) is 0 Å². The van der Waals surface area contributed by atoms with Crippen LogP contribution in [-0.2, 0) is 0 Å². The third-order valence-electron chi connectivity index (χ3n) is 7.87. The Labute approximate surface area is 360 Å². The molecule has 0 N–H and O–H groups in total. The molecule has 3 nitrogen and oxygen atoms in total. The molecule has 0 saturated heterocycles. The molecular weight excluding hydrogens is 655 g/mol. The minimum Gasteiger partial charge on any atom is -0.208 e. The molecule has 1 aromatic heterocycles. The van der Waals surface area contributed by atoms with Gasteiger partial charge in [0.1, 0.15) is 0 Å². The van der Waals surface area contributed by atoms with Gasteiger partial charge in [0.2, 0.25) is 0 Å². The van der Waals surface area contributed by atoms with Crippen LogP contribution in [0.1, 0.15) is 45.2 Å². The molecule has 0 bridgehead atoms. The van der Waals surface area contributed by atoms with Crippen LogP contribution in [-0.4, -0.2) is 15.0 Å². The summed E-state index contributed by atoms with van der Waals surface area (Å²) >= 11 is 0. The topological polar surface area (TPSA) is 38.7 Å². The lowest BCUT2D eigenvalue weighted by Crippen LogP contribution is -2.00. The summed E-state index contributed by atoms with van der Waals surface area (Å²) in [6, 6.07) is -32.1. The summed E-state index contributed by atoms with van der Waals surface area (Å²) in [7, 11) is 0. The van der Waals surface area contributed by atoms with Crippen molar-refractivity contribution < 1.29 is 45.2 Å². The second kappa shape index (κ2) is 13.4. The number of rotatable bonds is 6. The van der Waals surface area contributed by atoms with Crippen molar-refractivity contribution in [2.24, 2.45) is 0 Å². The zero-order valence-corrected chi connectivity index (χ0v) is 26.8. The molecule has 3 heteroatoms. The van der Waals surface area contributed by atoms with Gasteiger partial charge in [0.05, 0.1) is 45.2 Å². The van der Waals surface area contributed by atoms with Crippen LogP contribution in [0.2, 0.25) is 0 Å². The average Bonchev–Trinajstić information content (AvgIpc) is 0.706. The van der Waals surface area contributed by atoms with Gasteiger partial charge in [0.25, 0.3) is 0 Å². The Bertz CT molecular complexity index is 4660. The van der Waals surface area contributed by atoms with Crippen LogP contribution in [0, 0.1) is 0 Å². The molecular formula is C51H33N3. The summed E-state index contributed by atoms with van der Waals surface area (Å²) in [5.41, 5.74) is -7.93. The van der Waals surface area contributed by atoms with Gasteiger partial charge in [-0.05, 0) is 77.8 Å². The molecule has 0 aliphatic heterocycles. The summed E-state index contributed by atoms with van der Waals surface area (Å²) < 4.78 is 292. The largest absolute Gasteiger partial charge is 0.208 e. The molecule has 0 amide bonds. The van der Waals surface area contributed by atoms with Crippen LogP contribution in [0.3, 0.4) is 0 Å². The highest BCUT2D eigenvalue weighted by atomic mass is 15.0. The monoisotopic (exact) mass is 720 g/mol. The molecule has 0 aliphatic carbocycles. The Kier molecular flexibility index (Phi) is 3.08. The standard InChI is InChI=1S/C51H33N3/c1-3-12-37(13-4-1)49-52-50(38-14-5-2-6-15-38)54-51(53-49)39-28-26-35(27-29-39)41-17-11-16-40(32-41)34-22-24-36(25-23-34)42-30-31-47-45-20-8-7-18-43(45)44-19-9-10-21-46(44)48(47)33-42/h1-33H/i1D,2D,3D,4D,5D,6D,7D,8D,9D,10D,11D,12D,13D,14D,15D,16D,17D,18D,19D,20D,21D,22D,23D,24D,25D,26D,27D,28D,29D,30D,31D,32D,33D. The Balaban J connectivity index is 1.23. The fraction of sp³-hybridized carbons (Fsp3) is 0. The van der Waals surface area contributed by atoms with E-state index in [2.05, 4.69) is 15.0 Å². The van der Waals surface area contributed by atoms with E-state index in [9.17, 15) is 16.4 Å². The highest BCUT2D eigenvalue weighted by Crippen LogP contribution is 2.38. The third kappa shape index (κ3) is 5.78. The van der Waals surface area contributed by atoms with E-state index in [0.717, 1.165) is 0 Å². The van der Waals surface area contributed by atoms with Gasteiger partial charge < -0.3 is 0 Å². The Morgan fingerprint density at radius 1 is 0.222 bits per heavy atom. The van der Waals surface area contributed by atoms with Crippen molar-refractivity contribution >= 4 is 32.3 Å². The fourth-order valence-corrected chi connectivity index (χ4v) is 5.42. The summed E-state index contributed by atoms with van der Waals surface area (Å²) in [6.07, 6.45) is 0. The van der Waals surface area contributed by atoms with Crippen LogP contribution >= 0.6 is 0 Å². The predicted octanol–water partition coefficient (Wildman–Crippen LogP) is 13.3. The fourth-order valence-electron chi connectivity index (χ4n) is 5.42. The maximum atomic E-state index is 9.61. The molecule has 252 valence electrons. The van der Waals surface area contributed by atoms with E-state index >= 15 is 0 Å². The van der Waals surface area contributed by atoms with Crippen molar-refractivity contribution in [3.63, 3.8) is 0 Å². The number of fused-ring (bicyclic) bond motifs is 6. The minimum atomic E-state index is -1.16. The smallest absolute Gasteiger partial charge is 0.164 e. The van der Waals surface area contributed by atoms with Gasteiger partial charge in [0, 0.05) is 16.7 Å². The molecule has 54 heavy (non-hydrogen) atoms. The number of hydrogen-bond donors (Lipinski definition) is 0. The minimum absolute atomic E-state index is 0.479. The number of aromatic nitrogens is 3. The molecule has 0 aliphatic rings. The molecule has 10 rings (SSSR count).